The molecular formula is C24H33BrFK2O11+. The summed E-state index contributed by atoms with van der Waals surface area (Å²) < 4.78 is 29.2. The first-order chi connectivity index (χ1) is 18.3. The van der Waals surface area contributed by atoms with Crippen LogP contribution in [0.4, 0.5) is 4.39 Å². The number of esters is 2. The topological polar surface area (TPSA) is 169 Å². The standard InChI is InChI=1S/C11H14O4.C8H8O3.C3H7BrO.CH2F.CH2O3.2K/c1-14-11(13)9-3-5-10(6-4-9)15-8-2-7-12;1-11-8(10)6-2-4-7(9)5-3-6;4-2-1-3-5;1-2;2-1-4-3;;/h3-6,12H,2,7-8H2,1H3;2-5,9H,1H3;5H,1-3H2;1H2;1,3H;;/q;;;-1;;2*+1/i/hD. The van der Waals surface area contributed by atoms with E-state index in [-0.39, 0.29) is 128 Å². The molecule has 0 heterocycles. The SMILES string of the molecule is COC(=O)c1ccc(O)cc1.COC(=O)c1ccc(OCCCO)cc1.OCCCBr.[2H]OOC=O.[CH2-]F.[K+].[K+]. The second-order valence-corrected chi connectivity index (χ2v) is 6.73. The fourth-order valence-electron chi connectivity index (χ4n) is 1.83. The van der Waals surface area contributed by atoms with Crippen molar-refractivity contribution in [3.05, 3.63) is 66.8 Å². The summed E-state index contributed by atoms with van der Waals surface area (Å²) in [5, 5.41) is 29.4. The number of alkyl halides is 1. The molecule has 0 amide bonds. The summed E-state index contributed by atoms with van der Waals surface area (Å²) in [6.45, 7) is 0.895. The zero-order valence-corrected chi connectivity index (χ0v) is 30.3. The van der Waals surface area contributed by atoms with Crippen molar-refractivity contribution >= 4 is 34.3 Å². The minimum Gasteiger partial charge on any atom is -0.508 e. The monoisotopic (exact) mass is 674 g/mol. The quantitative estimate of drug-likeness (QED) is 0.0243. The van der Waals surface area contributed by atoms with Crippen LogP contribution in [0, 0.1) is 7.18 Å². The fourth-order valence-corrected chi connectivity index (χ4v) is 2.09. The van der Waals surface area contributed by atoms with Gasteiger partial charge in [0.05, 0.1) is 32.0 Å². The number of hydrogen-bond donors (Lipinski definition) is 4. The number of ether oxygens (including phenoxy) is 3. The number of phenolic OH excluding ortho intramolecular Hbond substituents is 1. The Morgan fingerprint density at radius 2 is 1.36 bits per heavy atom. The molecule has 2 aromatic carbocycles. The molecule has 39 heavy (non-hydrogen) atoms. The summed E-state index contributed by atoms with van der Waals surface area (Å²) >= 11 is 3.15. The number of aliphatic hydroxyl groups excluding tert-OH is 2. The Balaban J connectivity index is -0.000000144. The van der Waals surface area contributed by atoms with Crippen LogP contribution in [0.25, 0.3) is 1.43 Å². The third-order valence-corrected chi connectivity index (χ3v) is 4.03. The van der Waals surface area contributed by atoms with Crippen LogP contribution in [0.15, 0.2) is 48.5 Å². The van der Waals surface area contributed by atoms with Crippen LogP contribution in [0.5, 0.6) is 11.5 Å². The number of aromatic hydroxyl groups is 1. The van der Waals surface area contributed by atoms with Crippen molar-refractivity contribution in [3.8, 4) is 11.5 Å². The Labute approximate surface area is 322 Å². The minimum absolute atomic E-state index is 0. The van der Waals surface area contributed by atoms with E-state index in [9.17, 15) is 14.0 Å². The van der Waals surface area contributed by atoms with E-state index in [1.807, 2.05) is 0 Å². The maximum atomic E-state index is 11.1. The molecule has 0 fully saturated rings. The Kier molecular flexibility index (Phi) is 44.8. The predicted octanol–water partition coefficient (Wildman–Crippen LogP) is -2.44. The van der Waals surface area contributed by atoms with Crippen LogP contribution in [0.3, 0.4) is 0 Å². The van der Waals surface area contributed by atoms with E-state index >= 15 is 0 Å². The molecular weight excluding hydrogens is 641 g/mol. The van der Waals surface area contributed by atoms with E-state index in [1.54, 1.807) is 31.4 Å². The molecule has 0 saturated carbocycles. The van der Waals surface area contributed by atoms with E-state index in [1.165, 1.54) is 38.5 Å². The summed E-state index contributed by atoms with van der Waals surface area (Å²) in [7, 11) is 4.41. The smallest absolute Gasteiger partial charge is 0.508 e. The Morgan fingerprint density at radius 3 is 1.64 bits per heavy atom. The van der Waals surface area contributed by atoms with Gasteiger partial charge < -0.3 is 38.8 Å². The van der Waals surface area contributed by atoms with Crippen LogP contribution in [0.2, 0.25) is 0 Å². The summed E-state index contributed by atoms with van der Waals surface area (Å²) in [4.78, 5) is 34.2. The van der Waals surface area contributed by atoms with Crippen molar-refractivity contribution in [2.24, 2.45) is 0 Å². The number of benzene rings is 2. The van der Waals surface area contributed by atoms with Crippen LogP contribution >= 0.6 is 15.9 Å². The molecule has 11 nitrogen and oxygen atoms in total. The fraction of sp³-hybridized carbons (Fsp3) is 0.333. The molecule has 0 unspecified atom stereocenters. The molecule has 0 saturated heterocycles. The van der Waals surface area contributed by atoms with Crippen molar-refractivity contribution in [1.29, 1.82) is 1.43 Å². The van der Waals surface area contributed by atoms with Crippen LogP contribution in [-0.4, -0.2) is 78.4 Å². The van der Waals surface area contributed by atoms with Crippen LogP contribution in [0.1, 0.15) is 33.6 Å². The third kappa shape index (κ3) is 30.8. The number of aliphatic hydroxyl groups is 2. The zero-order chi connectivity index (χ0) is 29.6. The number of halogens is 2. The maximum Gasteiger partial charge on any atom is 1.00 e. The molecule has 2 rings (SSSR count). The number of rotatable bonds is 10. The van der Waals surface area contributed by atoms with Crippen LogP contribution in [-0.2, 0) is 19.2 Å². The Morgan fingerprint density at radius 1 is 0.923 bits per heavy atom. The van der Waals surface area contributed by atoms with Gasteiger partial charge in [0.25, 0.3) is 1.43 Å². The number of phenols is 1. The molecule has 210 valence electrons. The number of methoxy groups -OCH3 is 2. The van der Waals surface area contributed by atoms with Gasteiger partial charge in [-0.2, -0.15) is 7.18 Å². The molecule has 0 radical (unpaired) electrons. The maximum absolute atomic E-state index is 11.1. The van der Waals surface area contributed by atoms with Gasteiger partial charge in [0.1, 0.15) is 11.5 Å². The van der Waals surface area contributed by atoms with Crippen molar-refractivity contribution in [3.63, 3.8) is 0 Å². The van der Waals surface area contributed by atoms with E-state index in [4.69, 9.17) is 26.3 Å². The molecule has 15 heteroatoms. The van der Waals surface area contributed by atoms with Crippen molar-refractivity contribution in [1.82, 2.24) is 0 Å². The first-order valence-electron chi connectivity index (χ1n) is 10.7. The first-order valence-corrected chi connectivity index (χ1v) is 11.4. The molecule has 0 aliphatic heterocycles. The van der Waals surface area contributed by atoms with Crippen molar-refractivity contribution in [2.45, 2.75) is 12.8 Å². The average Bonchev–Trinajstić information content (AvgIpc) is 2.96. The molecule has 4 N–H and O–H groups in total. The van der Waals surface area contributed by atoms with Gasteiger partial charge in [-0.1, -0.05) is 15.9 Å². The van der Waals surface area contributed by atoms with E-state index in [0.29, 0.717) is 36.5 Å². The van der Waals surface area contributed by atoms with Gasteiger partial charge >= 0.3 is 121 Å². The van der Waals surface area contributed by atoms with E-state index < -0.39 is 5.97 Å². The predicted molar refractivity (Wildman–Crippen MR) is 136 cm³/mol. The molecule has 0 aliphatic carbocycles. The summed E-state index contributed by atoms with van der Waals surface area (Å²) in [6, 6.07) is 12.5. The molecule has 0 spiro atoms. The van der Waals surface area contributed by atoms with Gasteiger partial charge in [0.2, 0.25) is 0 Å². The molecule has 0 aliphatic rings. The van der Waals surface area contributed by atoms with Gasteiger partial charge in [0.15, 0.2) is 0 Å². The summed E-state index contributed by atoms with van der Waals surface area (Å²) in [5.41, 5.74) is 0.928. The largest absolute Gasteiger partial charge is 1.00 e. The first kappa shape index (κ1) is 46.0. The Bertz CT molecular complexity index is 835. The number of hydrogen-bond acceptors (Lipinski definition) is 11. The van der Waals surface area contributed by atoms with Gasteiger partial charge in [0, 0.05) is 25.0 Å². The van der Waals surface area contributed by atoms with E-state index in [0.717, 1.165) is 11.8 Å². The summed E-state index contributed by atoms with van der Waals surface area (Å²) in [6.07, 6.45) is 1.46. The van der Waals surface area contributed by atoms with Gasteiger partial charge in [-0.3, -0.25) is 4.79 Å². The molecule has 0 aromatic heterocycles. The van der Waals surface area contributed by atoms with Gasteiger partial charge in [-0.25, -0.2) is 14.8 Å². The van der Waals surface area contributed by atoms with Gasteiger partial charge in [-0.15, -0.1) is 0 Å². The van der Waals surface area contributed by atoms with Crippen molar-refractivity contribution in [2.75, 3.05) is 39.4 Å². The second kappa shape index (κ2) is 38.0. The van der Waals surface area contributed by atoms with Crippen LogP contribution < -0.4 is 108 Å². The number of carbonyl (C=O) groups is 3. The average molecular weight is 676 g/mol. The minimum atomic E-state index is -0.398. The molecule has 2 aromatic rings. The van der Waals surface area contributed by atoms with Crippen molar-refractivity contribution < 1.29 is 161 Å². The summed E-state index contributed by atoms with van der Waals surface area (Å²) in [5.74, 6) is 0.0515. The zero-order valence-electron chi connectivity index (χ0n) is 23.5. The Hall–Kier alpha value is 0.0127. The number of carbonyl (C=O) groups excluding carboxylic acids is 3. The molecule has 0 atom stereocenters. The molecule has 0 bridgehead atoms. The normalized spacial score (nSPS) is 8.44. The second-order valence-electron chi connectivity index (χ2n) is 5.94. The van der Waals surface area contributed by atoms with E-state index in [2.05, 4.69) is 35.6 Å². The third-order valence-electron chi connectivity index (χ3n) is 3.47. The van der Waals surface area contributed by atoms with Gasteiger partial charge in [-0.05, 0) is 55.0 Å².